The Kier molecular flexibility index (Phi) is 7.04. The minimum absolute atomic E-state index is 0.134. The van der Waals surface area contributed by atoms with Crippen LogP contribution in [0.3, 0.4) is 0 Å². The lowest BCUT2D eigenvalue weighted by Gasteiger charge is -2.26. The average Bonchev–Trinajstić information content (AvgIpc) is 2.59. The number of ketones is 1. The number of carbonyl (C=O) groups is 2. The van der Waals surface area contributed by atoms with Gasteiger partial charge in [-0.2, -0.15) is 0 Å². The Morgan fingerprint density at radius 2 is 1.96 bits per heavy atom. The van der Waals surface area contributed by atoms with Crippen LogP contribution in [0.2, 0.25) is 0 Å². The summed E-state index contributed by atoms with van der Waals surface area (Å²) in [6.45, 7) is 4.60. The highest BCUT2D eigenvalue weighted by Crippen LogP contribution is 2.33. The Labute approximate surface area is 143 Å². The number of rotatable bonds is 7. The van der Waals surface area contributed by atoms with E-state index in [4.69, 9.17) is 9.47 Å². The van der Waals surface area contributed by atoms with Crippen molar-refractivity contribution in [1.82, 2.24) is 0 Å². The lowest BCUT2D eigenvalue weighted by molar-refractivity contribution is -0.138. The Morgan fingerprint density at radius 3 is 2.67 bits per heavy atom. The van der Waals surface area contributed by atoms with Crippen molar-refractivity contribution in [3.63, 3.8) is 0 Å². The number of esters is 1. The molecule has 4 heteroatoms. The van der Waals surface area contributed by atoms with Gasteiger partial charge in [-0.1, -0.05) is 23.8 Å². The number of carbonyl (C=O) groups excluding carboxylic acids is 2. The molecule has 1 atom stereocenters. The second-order valence-corrected chi connectivity index (χ2v) is 6.11. The summed E-state index contributed by atoms with van der Waals surface area (Å²) in [4.78, 5) is 23.8. The molecule has 1 aliphatic rings. The van der Waals surface area contributed by atoms with Crippen LogP contribution in [0.4, 0.5) is 0 Å². The highest BCUT2D eigenvalue weighted by molar-refractivity contribution is 5.90. The van der Waals surface area contributed by atoms with Crippen molar-refractivity contribution in [3.8, 4) is 5.75 Å². The first-order chi connectivity index (χ1) is 11.6. The third-order valence-corrected chi connectivity index (χ3v) is 4.41. The van der Waals surface area contributed by atoms with Gasteiger partial charge in [-0.3, -0.25) is 4.79 Å². The molecule has 1 aliphatic carbocycles. The minimum Gasteiger partial charge on any atom is -0.494 e. The Morgan fingerprint density at radius 1 is 1.21 bits per heavy atom. The van der Waals surface area contributed by atoms with Gasteiger partial charge >= 0.3 is 5.97 Å². The van der Waals surface area contributed by atoms with Crippen molar-refractivity contribution in [3.05, 3.63) is 41.5 Å². The van der Waals surface area contributed by atoms with Crippen molar-refractivity contribution in [2.75, 3.05) is 13.2 Å². The van der Waals surface area contributed by atoms with Crippen LogP contribution >= 0.6 is 0 Å². The summed E-state index contributed by atoms with van der Waals surface area (Å²) >= 11 is 0. The fraction of sp³-hybridized carbons (Fsp3) is 0.500. The summed E-state index contributed by atoms with van der Waals surface area (Å²) in [6.07, 6.45) is 3.44. The lowest BCUT2D eigenvalue weighted by atomic mass is 9.79. The number of hydrogen-bond acceptors (Lipinski definition) is 4. The zero-order valence-corrected chi connectivity index (χ0v) is 14.5. The van der Waals surface area contributed by atoms with E-state index in [1.807, 2.05) is 37.3 Å². The van der Waals surface area contributed by atoms with E-state index < -0.39 is 0 Å². The van der Waals surface area contributed by atoms with Gasteiger partial charge in [0.05, 0.1) is 13.2 Å². The molecule has 1 aromatic carbocycles. The van der Waals surface area contributed by atoms with Crippen molar-refractivity contribution in [1.29, 1.82) is 0 Å². The second-order valence-electron chi connectivity index (χ2n) is 6.11. The predicted molar refractivity (Wildman–Crippen MR) is 92.9 cm³/mol. The third kappa shape index (κ3) is 5.22. The maximum Gasteiger partial charge on any atom is 0.333 e. The molecule has 130 valence electrons. The zero-order valence-electron chi connectivity index (χ0n) is 14.5. The molecule has 24 heavy (non-hydrogen) atoms. The van der Waals surface area contributed by atoms with Crippen LogP contribution in [0.1, 0.15) is 46.0 Å². The number of allylic oxidation sites excluding steroid dienone is 1. The summed E-state index contributed by atoms with van der Waals surface area (Å²) in [7, 11) is 0. The van der Waals surface area contributed by atoms with E-state index in [9.17, 15) is 9.59 Å². The Bertz CT molecular complexity index is 589. The molecule has 1 fully saturated rings. The van der Waals surface area contributed by atoms with Gasteiger partial charge in [0.2, 0.25) is 0 Å². The van der Waals surface area contributed by atoms with Crippen LogP contribution in [0, 0.1) is 5.92 Å². The fourth-order valence-corrected chi connectivity index (χ4v) is 3.16. The molecule has 0 spiro atoms. The van der Waals surface area contributed by atoms with Crippen LogP contribution in [-0.4, -0.2) is 25.0 Å². The van der Waals surface area contributed by atoms with Crippen molar-refractivity contribution in [2.24, 2.45) is 5.92 Å². The molecule has 4 nitrogen and oxygen atoms in total. The van der Waals surface area contributed by atoms with Gasteiger partial charge < -0.3 is 9.47 Å². The van der Waals surface area contributed by atoms with Gasteiger partial charge in [-0.15, -0.1) is 0 Å². The zero-order chi connectivity index (χ0) is 17.4. The number of hydrogen-bond donors (Lipinski definition) is 0. The maximum atomic E-state index is 12.0. The number of Topliss-reactive ketones (excluding diaryl/α,β-unsaturated/α-hetero) is 1. The minimum atomic E-state index is -0.257. The summed E-state index contributed by atoms with van der Waals surface area (Å²) in [5.41, 5.74) is 1.77. The van der Waals surface area contributed by atoms with E-state index >= 15 is 0 Å². The topological polar surface area (TPSA) is 52.6 Å². The summed E-state index contributed by atoms with van der Waals surface area (Å²) in [5.74, 6) is 1.02. The summed E-state index contributed by atoms with van der Waals surface area (Å²) in [5, 5.41) is 0. The molecule has 1 unspecified atom stereocenters. The van der Waals surface area contributed by atoms with Gasteiger partial charge in [0, 0.05) is 18.4 Å². The van der Waals surface area contributed by atoms with Crippen molar-refractivity contribution in [2.45, 2.75) is 46.0 Å². The van der Waals surface area contributed by atoms with Gasteiger partial charge in [-0.05, 0) is 51.2 Å². The molecular formula is C20H26O4. The van der Waals surface area contributed by atoms with E-state index in [0.717, 1.165) is 24.2 Å². The Balaban J connectivity index is 1.92. The highest BCUT2D eigenvalue weighted by atomic mass is 16.5. The van der Waals surface area contributed by atoms with Gasteiger partial charge in [0.15, 0.2) is 0 Å². The molecule has 0 N–H and O–H groups in total. The van der Waals surface area contributed by atoms with Crippen molar-refractivity contribution >= 4 is 11.8 Å². The van der Waals surface area contributed by atoms with Crippen LogP contribution in [0.5, 0.6) is 5.75 Å². The van der Waals surface area contributed by atoms with Crippen LogP contribution in [0.25, 0.3) is 0 Å². The molecular weight excluding hydrogens is 304 g/mol. The van der Waals surface area contributed by atoms with E-state index in [1.54, 1.807) is 6.92 Å². The van der Waals surface area contributed by atoms with Crippen LogP contribution < -0.4 is 4.74 Å². The summed E-state index contributed by atoms with van der Waals surface area (Å²) < 4.78 is 10.8. The quantitative estimate of drug-likeness (QED) is 0.429. The first-order valence-electron chi connectivity index (χ1n) is 8.68. The van der Waals surface area contributed by atoms with E-state index in [2.05, 4.69) is 0 Å². The van der Waals surface area contributed by atoms with Crippen molar-refractivity contribution < 1.29 is 19.1 Å². The van der Waals surface area contributed by atoms with E-state index in [0.29, 0.717) is 38.0 Å². The van der Waals surface area contributed by atoms with Crippen LogP contribution in [0.15, 0.2) is 41.5 Å². The number of para-hydroxylation sites is 1. The first-order valence-corrected chi connectivity index (χ1v) is 8.68. The monoisotopic (exact) mass is 330 g/mol. The lowest BCUT2D eigenvalue weighted by Crippen LogP contribution is -2.22. The van der Waals surface area contributed by atoms with E-state index in [-0.39, 0.29) is 17.7 Å². The first kappa shape index (κ1) is 18.2. The normalized spacial score (nSPS) is 19.8. The highest BCUT2D eigenvalue weighted by Gasteiger charge is 2.27. The number of ether oxygens (including phenoxy) is 2. The van der Waals surface area contributed by atoms with Gasteiger partial charge in [0.25, 0.3) is 0 Å². The van der Waals surface area contributed by atoms with Gasteiger partial charge in [-0.25, -0.2) is 4.79 Å². The molecule has 1 aromatic rings. The maximum absolute atomic E-state index is 12.0. The molecule has 0 amide bonds. The molecule has 0 aliphatic heterocycles. The standard InChI is InChI=1S/C20H26O4/c1-3-23-20(22)15(2)19-12-11-17(21)14-16(19)8-7-13-24-18-9-5-4-6-10-18/h4-6,9-10,16H,3,7-8,11-14H2,1-2H3/b19-15+. The summed E-state index contributed by atoms with van der Waals surface area (Å²) in [6, 6.07) is 9.70. The molecule has 0 bridgehead atoms. The Hall–Kier alpha value is -2.10. The second kappa shape index (κ2) is 9.26. The largest absolute Gasteiger partial charge is 0.494 e. The smallest absolute Gasteiger partial charge is 0.333 e. The molecule has 2 rings (SSSR count). The predicted octanol–water partition coefficient (Wildman–Crippen LogP) is 4.09. The average molecular weight is 330 g/mol. The van der Waals surface area contributed by atoms with Gasteiger partial charge in [0.1, 0.15) is 11.5 Å². The molecule has 0 aromatic heterocycles. The molecule has 0 radical (unpaired) electrons. The van der Waals surface area contributed by atoms with Crippen LogP contribution in [-0.2, 0) is 14.3 Å². The molecule has 0 heterocycles. The van der Waals surface area contributed by atoms with E-state index in [1.165, 1.54) is 0 Å². The number of benzene rings is 1. The molecule has 0 saturated heterocycles. The fourth-order valence-electron chi connectivity index (χ4n) is 3.16. The molecule has 1 saturated carbocycles. The SMILES string of the molecule is CCOC(=O)/C(C)=C1\CCC(=O)CC1CCCOc1ccccc1. The third-order valence-electron chi connectivity index (χ3n) is 4.41.